The number of carboxylic acid groups (broad SMARTS) is 1. The fraction of sp³-hybridized carbons (Fsp3) is 0.500. The molecule has 1 heterocycles. The summed E-state index contributed by atoms with van der Waals surface area (Å²) >= 11 is 0. The molecule has 0 fully saturated rings. The molecule has 0 radical (unpaired) electrons. The summed E-state index contributed by atoms with van der Waals surface area (Å²) < 4.78 is 5.47. The highest BCUT2D eigenvalue weighted by molar-refractivity contribution is 5.76. The standard InChI is InChI=1S/C10H12O3/c1-2-7-5-6-3-4-8(10(11)12)9(6)13-7/h5,8H,2-4H2,1H3,(H,11,12). The molecule has 1 aliphatic carbocycles. The second kappa shape index (κ2) is 2.91. The smallest absolute Gasteiger partial charge is 0.314 e. The number of carboxylic acids is 1. The van der Waals surface area contributed by atoms with Crippen LogP contribution in [0.15, 0.2) is 10.5 Å². The van der Waals surface area contributed by atoms with Crippen molar-refractivity contribution < 1.29 is 14.3 Å². The van der Waals surface area contributed by atoms with Gasteiger partial charge < -0.3 is 9.52 Å². The van der Waals surface area contributed by atoms with E-state index >= 15 is 0 Å². The Morgan fingerprint density at radius 2 is 2.54 bits per heavy atom. The lowest BCUT2D eigenvalue weighted by atomic mass is 10.1. The van der Waals surface area contributed by atoms with Gasteiger partial charge in [0.25, 0.3) is 0 Å². The van der Waals surface area contributed by atoms with E-state index in [-0.39, 0.29) is 0 Å². The van der Waals surface area contributed by atoms with Gasteiger partial charge in [0.15, 0.2) is 0 Å². The molecule has 1 N–H and O–H groups in total. The van der Waals surface area contributed by atoms with E-state index in [2.05, 4.69) is 0 Å². The maximum Gasteiger partial charge on any atom is 0.314 e. The fourth-order valence-electron chi connectivity index (χ4n) is 1.83. The lowest BCUT2D eigenvalue weighted by molar-refractivity contribution is -0.139. The SMILES string of the molecule is CCc1cc2c(o1)C(C(=O)O)CC2. The summed E-state index contributed by atoms with van der Waals surface area (Å²) in [6.45, 7) is 2.00. The average Bonchev–Trinajstić information content (AvgIpc) is 2.59. The molecular weight excluding hydrogens is 168 g/mol. The highest BCUT2D eigenvalue weighted by atomic mass is 16.4. The van der Waals surface area contributed by atoms with Gasteiger partial charge >= 0.3 is 5.97 Å². The van der Waals surface area contributed by atoms with Crippen LogP contribution in [0.5, 0.6) is 0 Å². The quantitative estimate of drug-likeness (QED) is 0.756. The summed E-state index contributed by atoms with van der Waals surface area (Å²) in [5.41, 5.74) is 1.09. The van der Waals surface area contributed by atoms with Crippen molar-refractivity contribution in [1.82, 2.24) is 0 Å². The first-order chi connectivity index (χ1) is 6.22. The van der Waals surface area contributed by atoms with Crippen LogP contribution in [0.1, 0.15) is 36.3 Å². The monoisotopic (exact) mass is 180 g/mol. The average molecular weight is 180 g/mol. The largest absolute Gasteiger partial charge is 0.481 e. The highest BCUT2D eigenvalue weighted by Gasteiger charge is 2.32. The van der Waals surface area contributed by atoms with Crippen LogP contribution in [0.25, 0.3) is 0 Å². The third-order valence-electron chi connectivity index (χ3n) is 2.56. The van der Waals surface area contributed by atoms with Crippen molar-refractivity contribution in [2.45, 2.75) is 32.1 Å². The topological polar surface area (TPSA) is 50.4 Å². The van der Waals surface area contributed by atoms with Crippen LogP contribution in [0, 0.1) is 0 Å². The van der Waals surface area contributed by atoms with Gasteiger partial charge in [-0.25, -0.2) is 0 Å². The number of rotatable bonds is 2. The summed E-state index contributed by atoms with van der Waals surface area (Å²) in [6.07, 6.45) is 2.36. The minimum absolute atomic E-state index is 0.407. The Bertz CT molecular complexity index is 338. The first kappa shape index (κ1) is 8.35. The van der Waals surface area contributed by atoms with Gasteiger partial charge in [0.1, 0.15) is 17.4 Å². The van der Waals surface area contributed by atoms with Crippen LogP contribution in [-0.4, -0.2) is 11.1 Å². The van der Waals surface area contributed by atoms with Crippen molar-refractivity contribution in [3.63, 3.8) is 0 Å². The third kappa shape index (κ3) is 1.24. The molecule has 0 saturated carbocycles. The zero-order chi connectivity index (χ0) is 9.42. The molecule has 70 valence electrons. The van der Waals surface area contributed by atoms with E-state index in [0.29, 0.717) is 12.2 Å². The van der Waals surface area contributed by atoms with Crippen LogP contribution in [-0.2, 0) is 17.6 Å². The molecule has 0 bridgehead atoms. The number of aliphatic carboxylic acids is 1. The van der Waals surface area contributed by atoms with Crippen molar-refractivity contribution in [2.24, 2.45) is 0 Å². The zero-order valence-electron chi connectivity index (χ0n) is 7.54. The van der Waals surface area contributed by atoms with Crippen molar-refractivity contribution in [3.05, 3.63) is 23.2 Å². The van der Waals surface area contributed by atoms with E-state index in [0.717, 1.165) is 24.2 Å². The number of fused-ring (bicyclic) bond motifs is 1. The lowest BCUT2D eigenvalue weighted by Crippen LogP contribution is -2.07. The Kier molecular flexibility index (Phi) is 1.87. The van der Waals surface area contributed by atoms with Gasteiger partial charge in [-0.2, -0.15) is 0 Å². The lowest BCUT2D eigenvalue weighted by Gasteiger charge is -2.00. The minimum atomic E-state index is -0.768. The Morgan fingerprint density at radius 1 is 1.77 bits per heavy atom. The van der Waals surface area contributed by atoms with Crippen LogP contribution in [0.4, 0.5) is 0 Å². The summed E-state index contributed by atoms with van der Waals surface area (Å²) in [5.74, 6) is 0.409. The molecule has 1 atom stereocenters. The molecule has 0 aromatic carbocycles. The number of aryl methyl sites for hydroxylation is 2. The van der Waals surface area contributed by atoms with Gasteiger partial charge in [0.2, 0.25) is 0 Å². The normalized spacial score (nSPS) is 20.2. The molecule has 1 aromatic heterocycles. The molecule has 13 heavy (non-hydrogen) atoms. The maximum atomic E-state index is 10.8. The molecule has 0 aliphatic heterocycles. The molecule has 3 heteroatoms. The van der Waals surface area contributed by atoms with Gasteiger partial charge in [-0.15, -0.1) is 0 Å². The van der Waals surface area contributed by atoms with Crippen LogP contribution in [0.3, 0.4) is 0 Å². The second-order valence-electron chi connectivity index (χ2n) is 3.39. The Labute approximate surface area is 76.4 Å². The number of hydrogen-bond donors (Lipinski definition) is 1. The first-order valence-electron chi connectivity index (χ1n) is 4.56. The molecular formula is C10H12O3. The molecule has 1 aromatic rings. The minimum Gasteiger partial charge on any atom is -0.481 e. The number of furan rings is 1. The van der Waals surface area contributed by atoms with Gasteiger partial charge in [-0.05, 0) is 24.5 Å². The predicted molar refractivity (Wildman–Crippen MR) is 46.8 cm³/mol. The molecule has 2 rings (SSSR count). The van der Waals surface area contributed by atoms with Crippen molar-refractivity contribution in [2.75, 3.05) is 0 Å². The van der Waals surface area contributed by atoms with Crippen LogP contribution >= 0.6 is 0 Å². The summed E-state index contributed by atoms with van der Waals surface area (Å²) in [7, 11) is 0. The van der Waals surface area contributed by atoms with E-state index in [9.17, 15) is 4.79 Å². The van der Waals surface area contributed by atoms with E-state index in [1.807, 2.05) is 13.0 Å². The van der Waals surface area contributed by atoms with Gasteiger partial charge in [0.05, 0.1) is 0 Å². The predicted octanol–water partition coefficient (Wildman–Crippen LogP) is 1.96. The Morgan fingerprint density at radius 3 is 3.15 bits per heavy atom. The van der Waals surface area contributed by atoms with Gasteiger partial charge in [-0.3, -0.25) is 4.79 Å². The van der Waals surface area contributed by atoms with Gasteiger partial charge in [-0.1, -0.05) is 6.92 Å². The van der Waals surface area contributed by atoms with Crippen molar-refractivity contribution >= 4 is 5.97 Å². The Hall–Kier alpha value is -1.25. The fourth-order valence-corrected chi connectivity index (χ4v) is 1.83. The van der Waals surface area contributed by atoms with Crippen molar-refractivity contribution in [1.29, 1.82) is 0 Å². The molecule has 0 amide bonds. The third-order valence-corrected chi connectivity index (χ3v) is 2.56. The summed E-state index contributed by atoms with van der Waals surface area (Å²) in [4.78, 5) is 10.8. The second-order valence-corrected chi connectivity index (χ2v) is 3.39. The molecule has 1 unspecified atom stereocenters. The first-order valence-corrected chi connectivity index (χ1v) is 4.56. The maximum absolute atomic E-state index is 10.8. The summed E-state index contributed by atoms with van der Waals surface area (Å²) in [6, 6.07) is 1.98. The van der Waals surface area contributed by atoms with E-state index in [1.165, 1.54) is 0 Å². The van der Waals surface area contributed by atoms with E-state index < -0.39 is 11.9 Å². The molecule has 0 spiro atoms. The van der Waals surface area contributed by atoms with Crippen LogP contribution < -0.4 is 0 Å². The molecule has 0 saturated heterocycles. The molecule has 3 nitrogen and oxygen atoms in total. The number of hydrogen-bond acceptors (Lipinski definition) is 2. The van der Waals surface area contributed by atoms with Crippen molar-refractivity contribution in [3.8, 4) is 0 Å². The number of carbonyl (C=O) groups is 1. The van der Waals surface area contributed by atoms with E-state index in [4.69, 9.17) is 9.52 Å². The molecule has 1 aliphatic rings. The Balaban J connectivity index is 2.35. The summed E-state index contributed by atoms with van der Waals surface area (Å²) in [5, 5.41) is 8.88. The highest BCUT2D eigenvalue weighted by Crippen LogP contribution is 2.35. The van der Waals surface area contributed by atoms with Gasteiger partial charge in [0, 0.05) is 6.42 Å². The van der Waals surface area contributed by atoms with Crippen LogP contribution in [0.2, 0.25) is 0 Å². The van der Waals surface area contributed by atoms with E-state index in [1.54, 1.807) is 0 Å². The zero-order valence-corrected chi connectivity index (χ0v) is 7.54.